The summed E-state index contributed by atoms with van der Waals surface area (Å²) in [5.74, 6) is -0.247. The molecule has 1 amide bonds. The van der Waals surface area contributed by atoms with Gasteiger partial charge in [0.2, 0.25) is 5.88 Å². The predicted molar refractivity (Wildman–Crippen MR) is 94.7 cm³/mol. The summed E-state index contributed by atoms with van der Waals surface area (Å²) in [4.78, 5) is 18.8. The number of carbonyl (C=O) groups excluding carboxylic acids is 1. The smallest absolute Gasteiger partial charge is 0.256 e. The van der Waals surface area contributed by atoms with Gasteiger partial charge in [0.1, 0.15) is 11.4 Å². The number of hydrogen-bond acceptors (Lipinski definition) is 5. The van der Waals surface area contributed by atoms with Crippen LogP contribution in [0.5, 0.6) is 5.88 Å². The van der Waals surface area contributed by atoms with Crippen LogP contribution in [0.3, 0.4) is 0 Å². The Bertz CT molecular complexity index is 733. The molecule has 1 saturated heterocycles. The number of amides is 1. The van der Waals surface area contributed by atoms with Crippen molar-refractivity contribution in [2.45, 2.75) is 6.04 Å². The van der Waals surface area contributed by atoms with Crippen molar-refractivity contribution in [3.8, 4) is 5.88 Å². The first-order chi connectivity index (χ1) is 12.7. The van der Waals surface area contributed by atoms with E-state index in [0.717, 1.165) is 18.7 Å². The molecule has 7 heteroatoms. The fraction of sp³-hybridized carbons (Fsp3) is 0.368. The van der Waals surface area contributed by atoms with Crippen molar-refractivity contribution in [2.75, 3.05) is 40.0 Å². The maximum Gasteiger partial charge on any atom is 0.256 e. The number of carbonyl (C=O) groups is 1. The molecule has 1 unspecified atom stereocenters. The zero-order valence-electron chi connectivity index (χ0n) is 14.7. The molecule has 1 aliphatic rings. The molecule has 1 aromatic carbocycles. The maximum absolute atomic E-state index is 13.3. The summed E-state index contributed by atoms with van der Waals surface area (Å²) in [5.41, 5.74) is 1.33. The number of halogens is 1. The molecule has 1 fully saturated rings. The van der Waals surface area contributed by atoms with Crippen LogP contribution in [0.15, 0.2) is 42.6 Å². The lowest BCUT2D eigenvalue weighted by atomic mass is 10.0. The molecule has 1 atom stereocenters. The van der Waals surface area contributed by atoms with Crippen LogP contribution in [-0.2, 0) is 4.74 Å². The number of nitrogens with zero attached hydrogens (tertiary/aromatic N) is 2. The highest BCUT2D eigenvalue weighted by molar-refractivity contribution is 5.96. The van der Waals surface area contributed by atoms with E-state index in [1.165, 1.54) is 19.2 Å². The Morgan fingerprint density at radius 2 is 2.04 bits per heavy atom. The fourth-order valence-corrected chi connectivity index (χ4v) is 3.04. The number of methoxy groups -OCH3 is 1. The van der Waals surface area contributed by atoms with E-state index in [9.17, 15) is 9.18 Å². The fourth-order valence-electron chi connectivity index (χ4n) is 3.04. The van der Waals surface area contributed by atoms with Crippen LogP contribution in [0.25, 0.3) is 0 Å². The van der Waals surface area contributed by atoms with Gasteiger partial charge in [0.15, 0.2) is 0 Å². The Morgan fingerprint density at radius 3 is 2.73 bits per heavy atom. The second-order valence-electron chi connectivity index (χ2n) is 5.99. The average molecular weight is 359 g/mol. The topological polar surface area (TPSA) is 63.7 Å². The molecule has 0 aliphatic carbocycles. The number of ether oxygens (including phenoxy) is 2. The Kier molecular flexibility index (Phi) is 6.14. The van der Waals surface area contributed by atoms with Crippen molar-refractivity contribution in [3.63, 3.8) is 0 Å². The van der Waals surface area contributed by atoms with Crippen LogP contribution in [0.4, 0.5) is 4.39 Å². The van der Waals surface area contributed by atoms with Crippen molar-refractivity contribution in [1.82, 2.24) is 15.2 Å². The van der Waals surface area contributed by atoms with Gasteiger partial charge in [0, 0.05) is 25.8 Å². The summed E-state index contributed by atoms with van der Waals surface area (Å²) in [5, 5.41) is 2.95. The van der Waals surface area contributed by atoms with Gasteiger partial charge in [-0.25, -0.2) is 9.37 Å². The number of morpholine rings is 1. The van der Waals surface area contributed by atoms with E-state index in [-0.39, 0.29) is 23.6 Å². The zero-order valence-corrected chi connectivity index (χ0v) is 14.7. The van der Waals surface area contributed by atoms with Gasteiger partial charge in [-0.1, -0.05) is 12.1 Å². The van der Waals surface area contributed by atoms with E-state index < -0.39 is 0 Å². The number of rotatable bonds is 6. The quantitative estimate of drug-likeness (QED) is 0.855. The second kappa shape index (κ2) is 8.73. The Hall–Kier alpha value is -2.51. The van der Waals surface area contributed by atoms with E-state index in [1.807, 2.05) is 0 Å². The van der Waals surface area contributed by atoms with Crippen LogP contribution < -0.4 is 10.1 Å². The van der Waals surface area contributed by atoms with Crippen molar-refractivity contribution < 1.29 is 18.7 Å². The van der Waals surface area contributed by atoms with Crippen LogP contribution in [0.1, 0.15) is 22.0 Å². The third-order valence-electron chi connectivity index (χ3n) is 4.41. The summed E-state index contributed by atoms with van der Waals surface area (Å²) in [7, 11) is 1.48. The lowest BCUT2D eigenvalue weighted by Gasteiger charge is -2.35. The molecule has 6 nitrogen and oxygen atoms in total. The molecule has 3 rings (SSSR count). The first kappa shape index (κ1) is 18.3. The lowest BCUT2D eigenvalue weighted by molar-refractivity contribution is 0.0162. The Morgan fingerprint density at radius 1 is 1.31 bits per heavy atom. The van der Waals surface area contributed by atoms with Gasteiger partial charge in [0.05, 0.1) is 26.4 Å². The summed E-state index contributed by atoms with van der Waals surface area (Å²) in [6.07, 6.45) is 1.57. The monoisotopic (exact) mass is 359 g/mol. The molecule has 1 N–H and O–H groups in total. The number of pyridine rings is 1. The molecule has 2 aromatic rings. The van der Waals surface area contributed by atoms with Gasteiger partial charge >= 0.3 is 0 Å². The summed E-state index contributed by atoms with van der Waals surface area (Å²) in [6.45, 7) is 3.19. The van der Waals surface area contributed by atoms with Crippen molar-refractivity contribution >= 4 is 5.91 Å². The zero-order chi connectivity index (χ0) is 18.4. The predicted octanol–water partition coefficient (Wildman–Crippen LogP) is 2.03. The molecule has 2 heterocycles. The SMILES string of the molecule is COc1ncccc1C(=O)NCC(c1ccc(F)cc1)N1CCOCC1. The molecule has 1 aliphatic heterocycles. The minimum atomic E-state index is -0.279. The molecular formula is C19H22FN3O3. The van der Waals surface area contributed by atoms with Crippen molar-refractivity contribution in [2.24, 2.45) is 0 Å². The number of hydrogen-bond donors (Lipinski definition) is 1. The summed E-state index contributed by atoms with van der Waals surface area (Å²) >= 11 is 0. The van der Waals surface area contributed by atoms with Crippen LogP contribution in [0, 0.1) is 5.82 Å². The van der Waals surface area contributed by atoms with Gasteiger partial charge in [-0.05, 0) is 29.8 Å². The first-order valence-electron chi connectivity index (χ1n) is 8.53. The third kappa shape index (κ3) is 4.36. The standard InChI is InChI=1S/C19H22FN3O3/c1-25-19-16(3-2-8-21-19)18(24)22-13-17(23-9-11-26-12-10-23)14-4-6-15(20)7-5-14/h2-8,17H,9-13H2,1H3,(H,22,24). The van der Waals surface area contributed by atoms with Gasteiger partial charge in [-0.15, -0.1) is 0 Å². The van der Waals surface area contributed by atoms with E-state index in [2.05, 4.69) is 15.2 Å². The molecule has 0 bridgehead atoms. The minimum absolute atomic E-state index is 0.0638. The van der Waals surface area contributed by atoms with E-state index >= 15 is 0 Å². The summed E-state index contributed by atoms with van der Waals surface area (Å²) < 4.78 is 23.9. The van der Waals surface area contributed by atoms with Gasteiger partial charge in [-0.2, -0.15) is 0 Å². The second-order valence-corrected chi connectivity index (χ2v) is 5.99. The Balaban J connectivity index is 1.75. The van der Waals surface area contributed by atoms with Crippen LogP contribution in [-0.4, -0.2) is 55.7 Å². The van der Waals surface area contributed by atoms with Crippen LogP contribution in [0.2, 0.25) is 0 Å². The van der Waals surface area contributed by atoms with Gasteiger partial charge in [-0.3, -0.25) is 9.69 Å². The van der Waals surface area contributed by atoms with Gasteiger partial charge in [0.25, 0.3) is 5.91 Å². The molecule has 0 saturated carbocycles. The van der Waals surface area contributed by atoms with Crippen LogP contribution >= 0.6 is 0 Å². The molecule has 0 spiro atoms. The third-order valence-corrected chi connectivity index (χ3v) is 4.41. The average Bonchev–Trinajstić information content (AvgIpc) is 2.70. The lowest BCUT2D eigenvalue weighted by Crippen LogP contribution is -2.43. The van der Waals surface area contributed by atoms with Gasteiger partial charge < -0.3 is 14.8 Å². The molecular weight excluding hydrogens is 337 g/mol. The highest BCUT2D eigenvalue weighted by atomic mass is 19.1. The maximum atomic E-state index is 13.3. The molecule has 1 aromatic heterocycles. The normalized spacial score (nSPS) is 16.1. The van der Waals surface area contributed by atoms with E-state index in [4.69, 9.17) is 9.47 Å². The largest absolute Gasteiger partial charge is 0.480 e. The number of benzene rings is 1. The van der Waals surface area contributed by atoms with Crippen molar-refractivity contribution in [1.29, 1.82) is 0 Å². The number of nitrogens with one attached hydrogen (secondary N) is 1. The first-order valence-corrected chi connectivity index (χ1v) is 8.53. The Labute approximate surface area is 151 Å². The minimum Gasteiger partial charge on any atom is -0.480 e. The highest BCUT2D eigenvalue weighted by Crippen LogP contribution is 2.22. The van der Waals surface area contributed by atoms with E-state index in [1.54, 1.807) is 30.5 Å². The number of aromatic nitrogens is 1. The van der Waals surface area contributed by atoms with E-state index in [0.29, 0.717) is 25.3 Å². The van der Waals surface area contributed by atoms with Crippen molar-refractivity contribution in [3.05, 3.63) is 59.5 Å². The summed E-state index contributed by atoms with van der Waals surface area (Å²) in [6, 6.07) is 9.69. The highest BCUT2D eigenvalue weighted by Gasteiger charge is 2.24. The molecule has 0 radical (unpaired) electrons. The molecule has 26 heavy (non-hydrogen) atoms. The molecule has 138 valence electrons.